The molecule has 0 saturated carbocycles. The number of sulfone groups is 1. The molecule has 0 aliphatic carbocycles. The van der Waals surface area contributed by atoms with Crippen LogP contribution in [0.5, 0.6) is 0 Å². The quantitative estimate of drug-likeness (QED) is 0.698. The van der Waals surface area contributed by atoms with Gasteiger partial charge in [0.2, 0.25) is 0 Å². The average Bonchev–Trinajstić information content (AvgIpc) is 2.32. The predicted octanol–water partition coefficient (Wildman–Crippen LogP) is -0.427. The van der Waals surface area contributed by atoms with Crippen LogP contribution in [0.3, 0.4) is 0 Å². The summed E-state index contributed by atoms with van der Waals surface area (Å²) in [4.78, 5) is 0.437. The van der Waals surface area contributed by atoms with Gasteiger partial charge >= 0.3 is 0 Å². The van der Waals surface area contributed by atoms with E-state index >= 15 is 0 Å². The molecule has 0 radical (unpaired) electrons. The molecule has 0 fully saturated rings. The van der Waals surface area contributed by atoms with E-state index in [1.807, 2.05) is 0 Å². The van der Waals surface area contributed by atoms with Gasteiger partial charge in [0.25, 0.3) is 0 Å². The Bertz CT molecular complexity index is 421. The van der Waals surface area contributed by atoms with Crippen LogP contribution in [0.1, 0.15) is 0 Å². The fraction of sp³-hybridized carbons (Fsp3) is 0.333. The van der Waals surface area contributed by atoms with Crippen LogP contribution in [-0.4, -0.2) is 29.4 Å². The molecule has 0 aromatic carbocycles. The lowest BCUT2D eigenvalue weighted by molar-refractivity contribution is 0.601. The number of hydrogen-bond acceptors (Lipinski definition) is 4. The minimum Gasteiger partial charge on any atom is -0.392 e. The summed E-state index contributed by atoms with van der Waals surface area (Å²) in [5, 5.41) is 3.79. The molecule has 0 amide bonds. The number of rotatable bonds is 3. The maximum Gasteiger partial charge on any atom is 0.178 e. The van der Waals surface area contributed by atoms with Crippen molar-refractivity contribution in [2.24, 2.45) is 5.73 Å². The highest BCUT2D eigenvalue weighted by Crippen LogP contribution is 2.05. The maximum atomic E-state index is 11.0. The Morgan fingerprint density at radius 3 is 2.77 bits per heavy atom. The van der Waals surface area contributed by atoms with E-state index in [2.05, 4.69) is 17.3 Å². The third kappa shape index (κ3) is 2.78. The van der Waals surface area contributed by atoms with Crippen LogP contribution in [-0.2, 0) is 16.4 Å². The first-order valence-electron chi connectivity index (χ1n) is 3.40. The van der Waals surface area contributed by atoms with Gasteiger partial charge in [-0.25, -0.2) is 8.42 Å². The van der Waals surface area contributed by atoms with E-state index in [9.17, 15) is 8.42 Å². The van der Waals surface area contributed by atoms with Gasteiger partial charge in [-0.05, 0) is 0 Å². The molecule has 0 bridgehead atoms. The van der Waals surface area contributed by atoms with Crippen LogP contribution in [0.15, 0.2) is 17.3 Å². The molecule has 0 unspecified atom stereocenters. The maximum absolute atomic E-state index is 11.0. The van der Waals surface area contributed by atoms with E-state index in [1.54, 1.807) is 0 Å². The Labute approximate surface area is 81.5 Å². The van der Waals surface area contributed by atoms with Crippen molar-refractivity contribution in [2.45, 2.75) is 11.4 Å². The third-order valence-electron chi connectivity index (χ3n) is 1.36. The van der Waals surface area contributed by atoms with Crippen molar-refractivity contribution >= 4 is 27.0 Å². The molecule has 0 atom stereocenters. The average molecular weight is 219 g/mol. The van der Waals surface area contributed by atoms with Gasteiger partial charge in [-0.15, -0.1) is 0 Å². The Morgan fingerprint density at radius 2 is 2.38 bits per heavy atom. The molecule has 7 heteroatoms. The van der Waals surface area contributed by atoms with Gasteiger partial charge in [0.15, 0.2) is 9.84 Å². The minimum absolute atomic E-state index is 0.170. The van der Waals surface area contributed by atoms with Crippen LogP contribution in [0, 0.1) is 0 Å². The predicted molar refractivity (Wildman–Crippen MR) is 52.1 cm³/mol. The van der Waals surface area contributed by atoms with Crippen molar-refractivity contribution in [3.8, 4) is 0 Å². The van der Waals surface area contributed by atoms with E-state index in [4.69, 9.17) is 5.73 Å². The second-order valence-electron chi connectivity index (χ2n) is 2.61. The number of thiocarbonyl (C=S) groups is 1. The molecule has 1 aromatic rings. The first-order valence-corrected chi connectivity index (χ1v) is 5.70. The summed E-state index contributed by atoms with van der Waals surface area (Å²) in [5.74, 6) is 0. The van der Waals surface area contributed by atoms with E-state index in [0.29, 0.717) is 0 Å². The molecule has 2 N–H and O–H groups in total. The summed E-state index contributed by atoms with van der Waals surface area (Å²) in [5.41, 5.74) is 5.26. The lowest BCUT2D eigenvalue weighted by Crippen LogP contribution is -2.16. The van der Waals surface area contributed by atoms with Crippen molar-refractivity contribution < 1.29 is 8.42 Å². The van der Waals surface area contributed by atoms with Crippen LogP contribution in [0.4, 0.5) is 0 Å². The normalized spacial score (nSPS) is 11.5. The van der Waals surface area contributed by atoms with E-state index in [0.717, 1.165) is 6.26 Å². The number of aromatic nitrogens is 2. The molecule has 1 aromatic heterocycles. The summed E-state index contributed by atoms with van der Waals surface area (Å²) >= 11 is 4.65. The van der Waals surface area contributed by atoms with Crippen LogP contribution in [0.25, 0.3) is 0 Å². The lowest BCUT2D eigenvalue weighted by atomic mass is 10.6. The molecule has 72 valence electrons. The number of nitrogens with zero attached hydrogens (tertiary/aromatic N) is 2. The molecule has 5 nitrogen and oxygen atoms in total. The van der Waals surface area contributed by atoms with Gasteiger partial charge in [0, 0.05) is 12.5 Å². The number of hydrogen-bond donors (Lipinski definition) is 1. The van der Waals surface area contributed by atoms with Gasteiger partial charge < -0.3 is 5.73 Å². The molecule has 0 spiro atoms. The summed E-state index contributed by atoms with van der Waals surface area (Å²) < 4.78 is 23.4. The monoisotopic (exact) mass is 219 g/mol. The fourth-order valence-corrected chi connectivity index (χ4v) is 1.47. The first-order chi connectivity index (χ1) is 5.89. The zero-order valence-corrected chi connectivity index (χ0v) is 8.60. The molecular weight excluding hydrogens is 210 g/mol. The molecule has 0 aliphatic rings. The van der Waals surface area contributed by atoms with Crippen LogP contribution >= 0.6 is 12.2 Å². The topological polar surface area (TPSA) is 78.0 Å². The SMILES string of the molecule is CS(=O)(=O)c1cnn(CC(N)=S)c1. The summed E-state index contributed by atoms with van der Waals surface area (Å²) in [7, 11) is -3.19. The molecule has 1 heterocycles. The minimum atomic E-state index is -3.19. The van der Waals surface area contributed by atoms with Crippen molar-refractivity contribution in [1.29, 1.82) is 0 Å². The zero-order chi connectivity index (χ0) is 10.1. The van der Waals surface area contributed by atoms with Crippen molar-refractivity contribution in [3.05, 3.63) is 12.4 Å². The van der Waals surface area contributed by atoms with Crippen molar-refractivity contribution in [2.75, 3.05) is 6.26 Å². The summed E-state index contributed by atoms with van der Waals surface area (Å²) in [6, 6.07) is 0. The first kappa shape index (κ1) is 10.1. The standard InChI is InChI=1S/C6H9N3O2S2/c1-13(10,11)5-2-8-9(3-5)4-6(7)12/h2-3H,4H2,1H3,(H2,7,12). The lowest BCUT2D eigenvalue weighted by Gasteiger charge is -1.96. The largest absolute Gasteiger partial charge is 0.392 e. The molecule has 0 saturated heterocycles. The summed E-state index contributed by atoms with van der Waals surface area (Å²) in [6.07, 6.45) is 3.79. The van der Waals surface area contributed by atoms with Gasteiger partial charge in [0.05, 0.1) is 17.7 Å². The Morgan fingerprint density at radius 1 is 1.77 bits per heavy atom. The smallest absolute Gasteiger partial charge is 0.178 e. The van der Waals surface area contributed by atoms with Crippen LogP contribution < -0.4 is 5.73 Å². The third-order valence-corrected chi connectivity index (χ3v) is 2.55. The fourth-order valence-electron chi connectivity index (χ4n) is 0.782. The highest BCUT2D eigenvalue weighted by atomic mass is 32.2. The van der Waals surface area contributed by atoms with Crippen LogP contribution in [0.2, 0.25) is 0 Å². The number of nitrogens with two attached hydrogens (primary N) is 1. The Hall–Kier alpha value is -0.950. The Balaban J connectivity index is 2.94. The second kappa shape index (κ2) is 3.43. The Kier molecular flexibility index (Phi) is 2.67. The second-order valence-corrected chi connectivity index (χ2v) is 5.15. The molecule has 0 aliphatic heterocycles. The molecule has 13 heavy (non-hydrogen) atoms. The highest BCUT2D eigenvalue weighted by Gasteiger charge is 2.09. The van der Waals surface area contributed by atoms with Crippen molar-refractivity contribution in [3.63, 3.8) is 0 Å². The van der Waals surface area contributed by atoms with Gasteiger partial charge in [0.1, 0.15) is 4.90 Å². The van der Waals surface area contributed by atoms with Gasteiger partial charge in [-0.1, -0.05) is 12.2 Å². The molecule has 1 rings (SSSR count). The molecular formula is C6H9N3O2S2. The van der Waals surface area contributed by atoms with Gasteiger partial charge in [-0.3, -0.25) is 4.68 Å². The van der Waals surface area contributed by atoms with E-state index < -0.39 is 9.84 Å². The van der Waals surface area contributed by atoms with Crippen molar-refractivity contribution in [1.82, 2.24) is 9.78 Å². The summed E-state index contributed by atoms with van der Waals surface area (Å²) in [6.45, 7) is 0.255. The highest BCUT2D eigenvalue weighted by molar-refractivity contribution is 7.90. The zero-order valence-electron chi connectivity index (χ0n) is 6.97. The van der Waals surface area contributed by atoms with E-state index in [1.165, 1.54) is 17.1 Å². The van der Waals surface area contributed by atoms with E-state index in [-0.39, 0.29) is 16.4 Å². The van der Waals surface area contributed by atoms with Gasteiger partial charge in [-0.2, -0.15) is 5.10 Å².